The summed E-state index contributed by atoms with van der Waals surface area (Å²) >= 11 is 0. The lowest BCUT2D eigenvalue weighted by atomic mass is 9.70. The maximum absolute atomic E-state index is 15.6. The molecule has 0 bridgehead atoms. The number of ketones is 1. The molecule has 4 heterocycles. The van der Waals surface area contributed by atoms with Gasteiger partial charge in [-0.1, -0.05) is 18.2 Å². The van der Waals surface area contributed by atoms with Crippen LogP contribution in [0.3, 0.4) is 0 Å². The average molecular weight is 515 g/mol. The van der Waals surface area contributed by atoms with Crippen molar-refractivity contribution < 1.29 is 13.9 Å². The van der Waals surface area contributed by atoms with Crippen molar-refractivity contribution in [1.82, 2.24) is 14.1 Å². The van der Waals surface area contributed by atoms with Crippen molar-refractivity contribution in [2.75, 3.05) is 18.6 Å². The maximum atomic E-state index is 15.6. The Morgan fingerprint density at radius 3 is 2.87 bits per heavy atom. The van der Waals surface area contributed by atoms with Gasteiger partial charge in [0.2, 0.25) is 0 Å². The van der Waals surface area contributed by atoms with Crippen molar-refractivity contribution in [3.8, 4) is 11.8 Å². The van der Waals surface area contributed by atoms with Gasteiger partial charge in [-0.05, 0) is 44.1 Å². The van der Waals surface area contributed by atoms with Gasteiger partial charge in [0, 0.05) is 35.8 Å². The molecule has 2 aromatic heterocycles. The number of anilines is 1. The van der Waals surface area contributed by atoms with E-state index in [1.54, 1.807) is 34.9 Å². The van der Waals surface area contributed by atoms with Crippen molar-refractivity contribution in [2.45, 2.75) is 45.1 Å². The van der Waals surface area contributed by atoms with Crippen molar-refractivity contribution in [3.63, 3.8) is 0 Å². The number of fused-ring (bicyclic) bond motifs is 4. The molecule has 2 aliphatic heterocycles. The molecule has 194 valence electrons. The topological polar surface area (TPSA) is 119 Å². The number of aromatic nitrogens is 3. The van der Waals surface area contributed by atoms with Crippen LogP contribution < -0.4 is 20.9 Å². The zero-order valence-corrected chi connectivity index (χ0v) is 21.4. The minimum atomic E-state index is -1.66. The highest BCUT2D eigenvalue weighted by Gasteiger charge is 2.50. The average Bonchev–Trinajstić information content (AvgIpc) is 3.21. The third-order valence-corrected chi connectivity index (χ3v) is 7.89. The molecule has 3 aliphatic rings. The Kier molecular flexibility index (Phi) is 5.16. The Hall–Kier alpha value is -4.23. The Balaban J connectivity index is 1.53. The van der Waals surface area contributed by atoms with Crippen molar-refractivity contribution in [2.24, 2.45) is 11.1 Å². The zero-order chi connectivity index (χ0) is 27.0. The summed E-state index contributed by atoms with van der Waals surface area (Å²) in [6, 6.07) is 8.60. The van der Waals surface area contributed by atoms with Crippen LogP contribution >= 0.6 is 0 Å². The second-order valence-electron chi connectivity index (χ2n) is 10.7. The fourth-order valence-corrected chi connectivity index (χ4v) is 6.11. The van der Waals surface area contributed by atoms with Crippen molar-refractivity contribution in [1.29, 1.82) is 5.26 Å². The van der Waals surface area contributed by atoms with Gasteiger partial charge in [-0.15, -0.1) is 0 Å². The van der Waals surface area contributed by atoms with Gasteiger partial charge in [-0.3, -0.25) is 14.2 Å². The minimum Gasteiger partial charge on any atom is -0.497 e. The maximum Gasteiger partial charge on any atom is 0.278 e. The number of nitriles is 1. The Morgan fingerprint density at radius 2 is 2.13 bits per heavy atom. The number of carbonyl (C=O) groups excluding carboxylic acids is 1. The summed E-state index contributed by atoms with van der Waals surface area (Å²) in [6.45, 7) is 4.00. The molecule has 0 radical (unpaired) electrons. The Bertz CT molecular complexity index is 1690. The number of carbonyl (C=O) groups is 1. The number of nitrogens with two attached hydrogens (primary N) is 1. The summed E-state index contributed by atoms with van der Waals surface area (Å²) in [5.74, 6) is 0.756. The number of Topliss-reactive ketones (excluding diaryl/α,β-unsaturated/α-hetero) is 1. The van der Waals surface area contributed by atoms with Gasteiger partial charge in [0.25, 0.3) is 5.56 Å². The number of ether oxygens (including phenoxy) is 1. The van der Waals surface area contributed by atoms with Crippen LogP contribution in [0.25, 0.3) is 11.0 Å². The molecule has 38 heavy (non-hydrogen) atoms. The monoisotopic (exact) mass is 514 g/mol. The molecule has 0 fully saturated rings. The number of halogens is 1. The molecule has 3 unspecified atom stereocenters. The molecule has 0 saturated carbocycles. The van der Waals surface area contributed by atoms with E-state index in [9.17, 15) is 14.9 Å². The van der Waals surface area contributed by atoms with Gasteiger partial charge in [0.1, 0.15) is 39.9 Å². The second kappa shape index (κ2) is 8.13. The first kappa shape index (κ1) is 24.1. The first-order valence-electron chi connectivity index (χ1n) is 12.4. The van der Waals surface area contributed by atoms with E-state index in [0.717, 1.165) is 5.70 Å². The van der Waals surface area contributed by atoms with Gasteiger partial charge in [0.05, 0.1) is 20.0 Å². The fraction of sp³-hybridized carbons (Fsp3) is 0.357. The van der Waals surface area contributed by atoms with Gasteiger partial charge >= 0.3 is 0 Å². The summed E-state index contributed by atoms with van der Waals surface area (Å²) in [5, 5.41) is 10.2. The molecule has 3 aromatic rings. The fourth-order valence-electron chi connectivity index (χ4n) is 6.11. The molecule has 0 spiro atoms. The van der Waals surface area contributed by atoms with Crippen molar-refractivity contribution >= 4 is 22.6 Å². The number of hydrogen-bond donors (Lipinski definition) is 1. The van der Waals surface area contributed by atoms with Gasteiger partial charge < -0.3 is 19.9 Å². The number of hydrogen-bond acceptors (Lipinski definition) is 7. The predicted octanol–water partition coefficient (Wildman–Crippen LogP) is 3.07. The number of alkyl halides is 1. The Morgan fingerprint density at radius 1 is 1.34 bits per heavy atom. The SMILES string of the molecule is COc1cccc(C(=O)Cn2cnc3c(C#N)c4n(c3c2=O)CC2(C)C=CC(C)(F)C3=C2N4CC(N)C3)c1. The lowest BCUT2D eigenvalue weighted by Gasteiger charge is -2.51. The number of allylic oxidation sites excluding steroid dienone is 2. The molecular weight excluding hydrogens is 487 g/mol. The van der Waals surface area contributed by atoms with E-state index in [2.05, 4.69) is 11.1 Å². The van der Waals surface area contributed by atoms with Gasteiger partial charge in [-0.2, -0.15) is 5.26 Å². The van der Waals surface area contributed by atoms with Crippen LogP contribution in [0.15, 0.2) is 58.8 Å². The van der Waals surface area contributed by atoms with Crippen LogP contribution in [-0.4, -0.2) is 45.3 Å². The van der Waals surface area contributed by atoms with Crippen LogP contribution in [0.4, 0.5) is 10.2 Å². The highest BCUT2D eigenvalue weighted by molar-refractivity contribution is 5.96. The van der Waals surface area contributed by atoms with Crippen LogP contribution in [0, 0.1) is 16.7 Å². The van der Waals surface area contributed by atoms with E-state index >= 15 is 4.39 Å². The number of benzene rings is 1. The largest absolute Gasteiger partial charge is 0.497 e. The van der Waals surface area contributed by atoms with Gasteiger partial charge in [-0.25, -0.2) is 9.37 Å². The summed E-state index contributed by atoms with van der Waals surface area (Å²) in [7, 11) is 1.52. The van der Waals surface area contributed by atoms with E-state index in [0.29, 0.717) is 42.2 Å². The van der Waals surface area contributed by atoms with E-state index in [1.807, 2.05) is 17.9 Å². The molecule has 2 N–H and O–H groups in total. The highest BCUT2D eigenvalue weighted by atomic mass is 19.1. The second-order valence-corrected chi connectivity index (χ2v) is 10.7. The van der Waals surface area contributed by atoms with E-state index in [1.165, 1.54) is 24.9 Å². The third kappa shape index (κ3) is 3.35. The lowest BCUT2D eigenvalue weighted by molar-refractivity contribution is 0.0970. The Labute approximate surface area is 218 Å². The highest BCUT2D eigenvalue weighted by Crippen LogP contribution is 2.53. The predicted molar refractivity (Wildman–Crippen MR) is 140 cm³/mol. The molecule has 0 amide bonds. The quantitative estimate of drug-likeness (QED) is 0.420. The first-order valence-corrected chi connectivity index (χ1v) is 12.4. The molecular formula is C28H27FN6O3. The zero-order valence-electron chi connectivity index (χ0n) is 21.4. The molecule has 9 nitrogen and oxygen atoms in total. The standard InChI is InChI=1S/C28H27FN6O3/c1-27-7-8-28(2,29)20-10-17(31)12-34(24(20)27)25-19(11-30)22-23(35(25)14-27)26(37)33(15-32-22)13-21(36)16-5-4-6-18(9-16)38-3/h4-9,15,17H,10,12-14,31H2,1-3H3. The van der Waals surface area contributed by atoms with Crippen LogP contribution in [0.5, 0.6) is 5.75 Å². The molecule has 0 saturated heterocycles. The molecule has 1 aromatic carbocycles. The van der Waals surface area contributed by atoms with Gasteiger partial charge in [0.15, 0.2) is 5.78 Å². The summed E-state index contributed by atoms with van der Waals surface area (Å²) < 4.78 is 23.9. The lowest BCUT2D eigenvalue weighted by Crippen LogP contribution is -2.54. The van der Waals surface area contributed by atoms with Crippen LogP contribution in [-0.2, 0) is 13.1 Å². The number of nitrogens with zero attached hydrogens (tertiary/aromatic N) is 5. The molecule has 6 rings (SSSR count). The number of rotatable bonds is 4. The van der Waals surface area contributed by atoms with E-state index < -0.39 is 16.6 Å². The number of methoxy groups -OCH3 is 1. The minimum absolute atomic E-state index is 0.224. The molecule has 10 heteroatoms. The molecule has 3 atom stereocenters. The normalized spacial score (nSPS) is 25.7. The summed E-state index contributed by atoms with van der Waals surface area (Å²) in [4.78, 5) is 33.2. The van der Waals surface area contributed by atoms with Crippen LogP contribution in [0.1, 0.15) is 36.2 Å². The first-order chi connectivity index (χ1) is 18.1. The van der Waals surface area contributed by atoms with Crippen LogP contribution in [0.2, 0.25) is 0 Å². The molecule has 1 aliphatic carbocycles. The smallest absolute Gasteiger partial charge is 0.278 e. The van der Waals surface area contributed by atoms with Crippen molar-refractivity contribution in [3.05, 3.63) is 75.5 Å². The van der Waals surface area contributed by atoms with E-state index in [4.69, 9.17) is 10.5 Å². The summed E-state index contributed by atoms with van der Waals surface area (Å²) in [5.41, 5.74) is 6.23. The van der Waals surface area contributed by atoms with E-state index in [-0.39, 0.29) is 35.0 Å². The summed E-state index contributed by atoms with van der Waals surface area (Å²) in [6.07, 6.45) is 5.12. The third-order valence-electron chi connectivity index (χ3n) is 7.89.